The van der Waals surface area contributed by atoms with Crippen molar-refractivity contribution in [3.63, 3.8) is 0 Å². The second-order valence-electron chi connectivity index (χ2n) is 4.41. The lowest BCUT2D eigenvalue weighted by Crippen LogP contribution is -2.57. The van der Waals surface area contributed by atoms with Crippen LogP contribution in [0.5, 0.6) is 0 Å². The first kappa shape index (κ1) is 10.4. The van der Waals surface area contributed by atoms with Gasteiger partial charge in [-0.25, -0.2) is 0 Å². The molecule has 0 amide bonds. The maximum atomic E-state index is 5.34. The van der Waals surface area contributed by atoms with E-state index in [1.54, 1.807) is 0 Å². The third-order valence-corrected chi connectivity index (χ3v) is 3.03. The minimum absolute atomic E-state index is 0.367. The molecule has 4 heteroatoms. The summed E-state index contributed by atoms with van der Waals surface area (Å²) < 4.78 is 10.7. The first-order valence-electron chi connectivity index (χ1n) is 5.37. The maximum Gasteiger partial charge on any atom is 0.0594 e. The van der Waals surface area contributed by atoms with Gasteiger partial charge in [-0.1, -0.05) is 0 Å². The molecule has 0 radical (unpaired) electrons. The van der Waals surface area contributed by atoms with E-state index in [1.807, 2.05) is 7.05 Å². The van der Waals surface area contributed by atoms with E-state index in [-0.39, 0.29) is 0 Å². The molecule has 2 heterocycles. The zero-order valence-corrected chi connectivity index (χ0v) is 8.92. The summed E-state index contributed by atoms with van der Waals surface area (Å²) in [5.74, 6) is 0. The number of rotatable bonds is 4. The average Bonchev–Trinajstić information content (AvgIpc) is 2.16. The van der Waals surface area contributed by atoms with Gasteiger partial charge < -0.3 is 14.8 Å². The maximum absolute atomic E-state index is 5.34. The van der Waals surface area contributed by atoms with Crippen LogP contribution in [0.1, 0.15) is 0 Å². The normalized spacial score (nSPS) is 27.2. The minimum atomic E-state index is 0.367. The Morgan fingerprint density at radius 2 is 1.93 bits per heavy atom. The molecule has 0 spiro atoms. The second kappa shape index (κ2) is 4.57. The highest BCUT2D eigenvalue weighted by molar-refractivity contribution is 4.90. The summed E-state index contributed by atoms with van der Waals surface area (Å²) in [5, 5.41) is 3.26. The van der Waals surface area contributed by atoms with Crippen LogP contribution >= 0.6 is 0 Å². The number of ether oxygens (including phenoxy) is 2. The monoisotopic (exact) mass is 200 g/mol. The van der Waals surface area contributed by atoms with E-state index < -0.39 is 0 Å². The molecule has 82 valence electrons. The van der Waals surface area contributed by atoms with Crippen LogP contribution in [0, 0.1) is 5.41 Å². The zero-order valence-electron chi connectivity index (χ0n) is 8.92. The Kier molecular flexibility index (Phi) is 3.38. The van der Waals surface area contributed by atoms with Gasteiger partial charge in [0, 0.05) is 31.6 Å². The first-order valence-corrected chi connectivity index (χ1v) is 5.37. The van der Waals surface area contributed by atoms with Gasteiger partial charge in [-0.2, -0.15) is 0 Å². The molecule has 0 aromatic heterocycles. The van der Waals surface area contributed by atoms with Crippen molar-refractivity contribution in [1.82, 2.24) is 10.2 Å². The molecule has 0 bridgehead atoms. The van der Waals surface area contributed by atoms with Gasteiger partial charge in [0.15, 0.2) is 0 Å². The van der Waals surface area contributed by atoms with Crippen LogP contribution in [0.3, 0.4) is 0 Å². The lowest BCUT2D eigenvalue weighted by atomic mass is 9.85. The topological polar surface area (TPSA) is 33.7 Å². The van der Waals surface area contributed by atoms with Gasteiger partial charge in [-0.15, -0.1) is 0 Å². The fourth-order valence-electron chi connectivity index (χ4n) is 2.25. The molecule has 0 unspecified atom stereocenters. The third kappa shape index (κ3) is 2.25. The highest BCUT2D eigenvalue weighted by Crippen LogP contribution is 2.28. The van der Waals surface area contributed by atoms with Gasteiger partial charge in [-0.05, 0) is 7.05 Å². The summed E-state index contributed by atoms with van der Waals surface area (Å²) in [6.07, 6.45) is 0. The molecule has 0 aromatic carbocycles. The predicted octanol–water partition coefficient (Wildman–Crippen LogP) is -0.445. The molecular weight excluding hydrogens is 180 g/mol. The fraction of sp³-hybridized carbons (Fsp3) is 1.00. The molecule has 1 N–H and O–H groups in total. The van der Waals surface area contributed by atoms with Crippen molar-refractivity contribution in [3.05, 3.63) is 0 Å². The molecule has 2 aliphatic heterocycles. The van der Waals surface area contributed by atoms with Crippen LogP contribution in [-0.4, -0.2) is 64.6 Å². The highest BCUT2D eigenvalue weighted by Gasteiger charge is 2.39. The van der Waals surface area contributed by atoms with Crippen LogP contribution in [0.15, 0.2) is 0 Å². The standard InChI is InChI=1S/C10H20N2O2/c1-11-6-10(8-14-9-10)7-12-2-4-13-5-3-12/h11H,2-9H2,1H3. The third-order valence-electron chi connectivity index (χ3n) is 3.03. The van der Waals surface area contributed by atoms with Crippen molar-refractivity contribution in [2.45, 2.75) is 0 Å². The second-order valence-corrected chi connectivity index (χ2v) is 4.41. The van der Waals surface area contributed by atoms with Crippen molar-refractivity contribution in [2.24, 2.45) is 5.41 Å². The quantitative estimate of drug-likeness (QED) is 0.667. The van der Waals surface area contributed by atoms with Crippen LogP contribution in [0.2, 0.25) is 0 Å². The summed E-state index contributed by atoms with van der Waals surface area (Å²) in [6, 6.07) is 0. The Labute approximate surface area is 85.5 Å². The minimum Gasteiger partial charge on any atom is -0.380 e. The molecule has 2 fully saturated rings. The Bertz CT molecular complexity index is 177. The Morgan fingerprint density at radius 3 is 2.43 bits per heavy atom. The van der Waals surface area contributed by atoms with E-state index in [0.29, 0.717) is 5.41 Å². The zero-order chi connectivity index (χ0) is 9.86. The molecular formula is C10H20N2O2. The van der Waals surface area contributed by atoms with E-state index in [9.17, 15) is 0 Å². The molecule has 4 nitrogen and oxygen atoms in total. The van der Waals surface area contributed by atoms with Crippen molar-refractivity contribution in [1.29, 1.82) is 0 Å². The molecule has 0 aliphatic carbocycles. The van der Waals surface area contributed by atoms with Crippen LogP contribution < -0.4 is 5.32 Å². The number of hydrogen-bond donors (Lipinski definition) is 1. The Hall–Kier alpha value is -0.160. The van der Waals surface area contributed by atoms with E-state index in [0.717, 1.165) is 52.6 Å². The van der Waals surface area contributed by atoms with E-state index in [4.69, 9.17) is 9.47 Å². The van der Waals surface area contributed by atoms with Crippen molar-refractivity contribution in [2.75, 3.05) is 59.7 Å². The molecule has 2 saturated heterocycles. The summed E-state index contributed by atoms with van der Waals surface area (Å²) >= 11 is 0. The van der Waals surface area contributed by atoms with E-state index in [1.165, 1.54) is 0 Å². The average molecular weight is 200 g/mol. The summed E-state index contributed by atoms with van der Waals surface area (Å²) in [4.78, 5) is 2.49. The van der Waals surface area contributed by atoms with Gasteiger partial charge in [-0.3, -0.25) is 4.90 Å². The molecule has 14 heavy (non-hydrogen) atoms. The Morgan fingerprint density at radius 1 is 1.21 bits per heavy atom. The number of hydrogen-bond acceptors (Lipinski definition) is 4. The van der Waals surface area contributed by atoms with Crippen LogP contribution in [-0.2, 0) is 9.47 Å². The molecule has 2 aliphatic rings. The largest absolute Gasteiger partial charge is 0.380 e. The van der Waals surface area contributed by atoms with Gasteiger partial charge in [0.05, 0.1) is 26.4 Å². The molecule has 0 atom stereocenters. The summed E-state index contributed by atoms with van der Waals surface area (Å²) in [6.45, 7) is 7.95. The van der Waals surface area contributed by atoms with Crippen LogP contribution in [0.4, 0.5) is 0 Å². The van der Waals surface area contributed by atoms with Gasteiger partial charge in [0.2, 0.25) is 0 Å². The molecule has 0 aromatic rings. The van der Waals surface area contributed by atoms with Crippen molar-refractivity contribution in [3.8, 4) is 0 Å². The van der Waals surface area contributed by atoms with Crippen molar-refractivity contribution >= 4 is 0 Å². The molecule has 2 rings (SSSR count). The lowest BCUT2D eigenvalue weighted by molar-refractivity contribution is -0.130. The molecule has 0 saturated carbocycles. The number of nitrogens with one attached hydrogen (secondary N) is 1. The van der Waals surface area contributed by atoms with E-state index >= 15 is 0 Å². The SMILES string of the molecule is CNCC1(CN2CCOCC2)COC1. The first-order chi connectivity index (χ1) is 6.85. The highest BCUT2D eigenvalue weighted by atomic mass is 16.5. The predicted molar refractivity (Wildman–Crippen MR) is 54.4 cm³/mol. The van der Waals surface area contributed by atoms with Gasteiger partial charge >= 0.3 is 0 Å². The smallest absolute Gasteiger partial charge is 0.0594 e. The fourth-order valence-corrected chi connectivity index (χ4v) is 2.25. The van der Waals surface area contributed by atoms with E-state index in [2.05, 4.69) is 10.2 Å². The van der Waals surface area contributed by atoms with Crippen LogP contribution in [0.25, 0.3) is 0 Å². The van der Waals surface area contributed by atoms with Crippen molar-refractivity contribution < 1.29 is 9.47 Å². The van der Waals surface area contributed by atoms with Gasteiger partial charge in [0.25, 0.3) is 0 Å². The Balaban J connectivity index is 1.80. The number of nitrogens with zero attached hydrogens (tertiary/aromatic N) is 1. The summed E-state index contributed by atoms with van der Waals surface area (Å²) in [5.41, 5.74) is 0.367. The summed E-state index contributed by atoms with van der Waals surface area (Å²) in [7, 11) is 2.01. The number of morpholine rings is 1. The lowest BCUT2D eigenvalue weighted by Gasteiger charge is -2.45. The van der Waals surface area contributed by atoms with Gasteiger partial charge in [0.1, 0.15) is 0 Å².